The molecule has 1 nitrogen and oxygen atoms in total. The average molecular weight is 170 g/mol. The third kappa shape index (κ3) is 6.07. The first-order valence-electron chi connectivity index (χ1n) is 4.08. The molecular formula is C9H18OSi. The summed E-state index contributed by atoms with van der Waals surface area (Å²) in [6, 6.07) is 0. The van der Waals surface area contributed by atoms with Gasteiger partial charge in [0, 0.05) is 16.0 Å². The van der Waals surface area contributed by atoms with Gasteiger partial charge in [0.1, 0.15) is 0 Å². The van der Waals surface area contributed by atoms with Crippen LogP contribution in [0.5, 0.6) is 0 Å². The highest BCUT2D eigenvalue weighted by Crippen LogP contribution is 2.06. The molecule has 1 atom stereocenters. The minimum absolute atomic E-state index is 0.303. The fraction of sp³-hybridized carbons (Fsp3) is 0.556. The molecule has 0 spiro atoms. The average Bonchev–Trinajstić information content (AvgIpc) is 1.87. The van der Waals surface area contributed by atoms with Crippen LogP contribution in [0.1, 0.15) is 19.8 Å². The van der Waals surface area contributed by atoms with Gasteiger partial charge in [0.2, 0.25) is 0 Å². The number of hydrogen-bond donors (Lipinski definition) is 0. The maximum absolute atomic E-state index is 5.65. The molecule has 0 saturated heterocycles. The zero-order valence-electron chi connectivity index (χ0n) is 7.55. The highest BCUT2D eigenvalue weighted by atomic mass is 28.1. The molecule has 0 rings (SSSR count). The predicted octanol–water partition coefficient (Wildman–Crippen LogP) is 1.24. The lowest BCUT2D eigenvalue weighted by molar-refractivity contribution is 0.0438. The van der Waals surface area contributed by atoms with Gasteiger partial charge in [-0.05, 0) is 19.8 Å². The topological polar surface area (TPSA) is 9.23 Å². The second-order valence-corrected chi connectivity index (χ2v) is 4.48. The molecule has 0 radical (unpaired) electrons. The molecule has 1 unspecified atom stereocenters. The smallest absolute Gasteiger partial charge is 0.0642 e. The van der Waals surface area contributed by atoms with Gasteiger partial charge in [-0.3, -0.25) is 0 Å². The summed E-state index contributed by atoms with van der Waals surface area (Å²) in [7, 11) is 1.09. The van der Waals surface area contributed by atoms with Crippen LogP contribution in [0.15, 0.2) is 25.3 Å². The molecule has 0 aromatic rings. The van der Waals surface area contributed by atoms with E-state index in [0.29, 0.717) is 11.8 Å². The van der Waals surface area contributed by atoms with Crippen molar-refractivity contribution in [3.8, 4) is 0 Å². The Morgan fingerprint density at radius 3 is 2.09 bits per heavy atom. The summed E-state index contributed by atoms with van der Waals surface area (Å²) < 4.78 is 5.65. The lowest BCUT2D eigenvalue weighted by atomic mass is 10.2. The van der Waals surface area contributed by atoms with Crippen molar-refractivity contribution >= 4 is 10.2 Å². The first kappa shape index (κ1) is 10.7. The standard InChI is InChI=1S/C9H18OSi/c1-4-6-9(7-5-2)10-8(3)11/h4-5,8-9H,1-2,6-7H2,3,11H3. The van der Waals surface area contributed by atoms with Crippen molar-refractivity contribution < 1.29 is 4.74 Å². The maximum atomic E-state index is 5.65. The van der Waals surface area contributed by atoms with Crippen molar-refractivity contribution in [1.29, 1.82) is 0 Å². The summed E-state index contributed by atoms with van der Waals surface area (Å²) in [5.41, 5.74) is 0.430. The third-order valence-corrected chi connectivity index (χ3v) is 1.60. The highest BCUT2D eigenvalue weighted by Gasteiger charge is 2.06. The van der Waals surface area contributed by atoms with Crippen LogP contribution in [0.2, 0.25) is 0 Å². The molecule has 0 aromatic carbocycles. The minimum Gasteiger partial charge on any atom is -0.379 e. The van der Waals surface area contributed by atoms with Crippen molar-refractivity contribution in [2.45, 2.75) is 31.6 Å². The summed E-state index contributed by atoms with van der Waals surface area (Å²) in [5.74, 6) is 0. The van der Waals surface area contributed by atoms with Crippen LogP contribution in [-0.2, 0) is 4.74 Å². The summed E-state index contributed by atoms with van der Waals surface area (Å²) >= 11 is 0. The van der Waals surface area contributed by atoms with Crippen LogP contribution in [-0.4, -0.2) is 22.1 Å². The Balaban J connectivity index is 3.67. The lowest BCUT2D eigenvalue weighted by Crippen LogP contribution is -2.18. The number of hydrogen-bond acceptors (Lipinski definition) is 1. The SMILES string of the molecule is C=CCC(CC=C)OC(C)[SiH3]. The molecule has 0 aliphatic carbocycles. The third-order valence-electron chi connectivity index (χ3n) is 1.32. The van der Waals surface area contributed by atoms with E-state index in [1.807, 2.05) is 12.2 Å². The Labute approximate surface area is 72.6 Å². The molecule has 0 amide bonds. The van der Waals surface area contributed by atoms with Gasteiger partial charge in [0.25, 0.3) is 0 Å². The predicted molar refractivity (Wildman–Crippen MR) is 53.9 cm³/mol. The van der Waals surface area contributed by atoms with E-state index < -0.39 is 0 Å². The summed E-state index contributed by atoms with van der Waals surface area (Å²) in [5, 5.41) is 0. The van der Waals surface area contributed by atoms with Gasteiger partial charge >= 0.3 is 0 Å². The van der Waals surface area contributed by atoms with E-state index in [1.54, 1.807) is 0 Å². The molecule has 0 fully saturated rings. The second kappa shape index (κ2) is 6.37. The van der Waals surface area contributed by atoms with Gasteiger partial charge in [-0.1, -0.05) is 12.2 Å². The van der Waals surface area contributed by atoms with E-state index in [-0.39, 0.29) is 0 Å². The molecule has 0 N–H and O–H groups in total. The summed E-state index contributed by atoms with van der Waals surface area (Å²) in [4.78, 5) is 0. The lowest BCUT2D eigenvalue weighted by Gasteiger charge is -2.17. The second-order valence-electron chi connectivity index (χ2n) is 2.86. The molecule has 0 saturated carbocycles. The Hall–Kier alpha value is -0.343. The summed E-state index contributed by atoms with van der Waals surface area (Å²) in [6.45, 7) is 9.48. The fourth-order valence-corrected chi connectivity index (χ4v) is 1.35. The molecule has 2 heteroatoms. The van der Waals surface area contributed by atoms with E-state index >= 15 is 0 Å². The van der Waals surface area contributed by atoms with Crippen LogP contribution < -0.4 is 0 Å². The zero-order valence-corrected chi connectivity index (χ0v) is 9.55. The van der Waals surface area contributed by atoms with Crippen molar-refractivity contribution in [3.05, 3.63) is 25.3 Å². The summed E-state index contributed by atoms with van der Waals surface area (Å²) in [6.07, 6.45) is 5.96. The Bertz CT molecular complexity index is 111. The Kier molecular flexibility index (Phi) is 6.17. The van der Waals surface area contributed by atoms with Crippen molar-refractivity contribution in [2.24, 2.45) is 0 Å². The fourth-order valence-electron chi connectivity index (χ4n) is 0.964. The molecule has 0 aromatic heterocycles. The van der Waals surface area contributed by atoms with Crippen LogP contribution >= 0.6 is 0 Å². The first-order chi connectivity index (χ1) is 5.20. The van der Waals surface area contributed by atoms with Crippen LogP contribution in [0.4, 0.5) is 0 Å². The van der Waals surface area contributed by atoms with Crippen molar-refractivity contribution in [3.63, 3.8) is 0 Å². The molecule has 0 aliphatic rings. The van der Waals surface area contributed by atoms with Crippen LogP contribution in [0.3, 0.4) is 0 Å². The maximum Gasteiger partial charge on any atom is 0.0642 e. The Morgan fingerprint density at radius 2 is 1.82 bits per heavy atom. The highest BCUT2D eigenvalue weighted by molar-refractivity contribution is 6.10. The molecule has 0 heterocycles. The van der Waals surface area contributed by atoms with E-state index in [4.69, 9.17) is 4.74 Å². The normalized spacial score (nSPS) is 13.3. The van der Waals surface area contributed by atoms with E-state index in [0.717, 1.165) is 23.1 Å². The number of ether oxygens (including phenoxy) is 1. The molecule has 0 aliphatic heterocycles. The first-order valence-corrected chi connectivity index (χ1v) is 5.23. The van der Waals surface area contributed by atoms with Crippen LogP contribution in [0, 0.1) is 0 Å². The zero-order chi connectivity index (χ0) is 8.69. The van der Waals surface area contributed by atoms with Gasteiger partial charge in [-0.25, -0.2) is 0 Å². The Morgan fingerprint density at radius 1 is 1.36 bits per heavy atom. The van der Waals surface area contributed by atoms with Gasteiger partial charge in [-0.2, -0.15) is 0 Å². The molecule has 11 heavy (non-hydrogen) atoms. The monoisotopic (exact) mass is 170 g/mol. The van der Waals surface area contributed by atoms with Gasteiger partial charge in [0.15, 0.2) is 0 Å². The van der Waals surface area contributed by atoms with E-state index in [2.05, 4.69) is 20.1 Å². The minimum atomic E-state index is 0.303. The van der Waals surface area contributed by atoms with Gasteiger partial charge < -0.3 is 4.74 Å². The molecular weight excluding hydrogens is 152 g/mol. The largest absolute Gasteiger partial charge is 0.379 e. The van der Waals surface area contributed by atoms with Crippen molar-refractivity contribution in [2.75, 3.05) is 0 Å². The quantitative estimate of drug-likeness (QED) is 0.430. The van der Waals surface area contributed by atoms with E-state index in [9.17, 15) is 0 Å². The molecule has 64 valence electrons. The number of rotatable bonds is 6. The van der Waals surface area contributed by atoms with E-state index in [1.165, 1.54) is 0 Å². The van der Waals surface area contributed by atoms with Gasteiger partial charge in [-0.15, -0.1) is 13.2 Å². The van der Waals surface area contributed by atoms with Crippen molar-refractivity contribution in [1.82, 2.24) is 0 Å². The van der Waals surface area contributed by atoms with Gasteiger partial charge in [0.05, 0.1) is 6.10 Å². The van der Waals surface area contributed by atoms with Crippen LogP contribution in [0.25, 0.3) is 0 Å². The molecule has 0 bridgehead atoms.